The van der Waals surface area contributed by atoms with Crippen LogP contribution in [0.1, 0.15) is 23.5 Å². The van der Waals surface area contributed by atoms with Gasteiger partial charge in [-0.1, -0.05) is 12.1 Å². The Balaban J connectivity index is 1.41. The molecule has 0 aliphatic heterocycles. The van der Waals surface area contributed by atoms with Crippen molar-refractivity contribution < 1.29 is 9.90 Å². The van der Waals surface area contributed by atoms with Crippen molar-refractivity contribution in [2.45, 2.75) is 31.5 Å². The number of nitrogens with zero attached hydrogens (tertiary/aromatic N) is 3. The number of nitrogens with one attached hydrogen (secondary N) is 2. The van der Waals surface area contributed by atoms with Crippen molar-refractivity contribution in [1.29, 1.82) is 0 Å². The van der Waals surface area contributed by atoms with Gasteiger partial charge in [-0.25, -0.2) is 4.98 Å². The molecular formula is C17H19N5O2. The molecule has 1 fully saturated rings. The zero-order chi connectivity index (χ0) is 16.5. The molecule has 0 saturated heterocycles. The van der Waals surface area contributed by atoms with Crippen LogP contribution in [0.15, 0.2) is 42.7 Å². The minimum atomic E-state index is -0.543. The van der Waals surface area contributed by atoms with E-state index in [9.17, 15) is 9.90 Å². The predicted molar refractivity (Wildman–Crippen MR) is 88.3 cm³/mol. The lowest BCUT2D eigenvalue weighted by Gasteiger charge is -2.15. The van der Waals surface area contributed by atoms with Gasteiger partial charge in [0, 0.05) is 18.9 Å². The van der Waals surface area contributed by atoms with Gasteiger partial charge in [-0.3, -0.25) is 9.48 Å². The lowest BCUT2D eigenvalue weighted by molar-refractivity contribution is 0.0864. The summed E-state index contributed by atoms with van der Waals surface area (Å²) in [5.74, 6) is 0.287. The van der Waals surface area contributed by atoms with Gasteiger partial charge in [0.05, 0.1) is 23.2 Å². The van der Waals surface area contributed by atoms with Crippen LogP contribution < -0.4 is 5.32 Å². The first-order valence-electron chi connectivity index (χ1n) is 8.10. The Morgan fingerprint density at radius 2 is 2.21 bits per heavy atom. The van der Waals surface area contributed by atoms with E-state index in [1.807, 2.05) is 41.2 Å². The first-order chi connectivity index (χ1) is 11.7. The maximum Gasteiger partial charge on any atom is 0.287 e. The van der Waals surface area contributed by atoms with E-state index < -0.39 is 6.10 Å². The van der Waals surface area contributed by atoms with Gasteiger partial charge in [0.2, 0.25) is 0 Å². The number of rotatable bonds is 4. The van der Waals surface area contributed by atoms with Crippen LogP contribution in [-0.2, 0) is 6.54 Å². The van der Waals surface area contributed by atoms with E-state index in [2.05, 4.69) is 20.4 Å². The van der Waals surface area contributed by atoms with Crippen molar-refractivity contribution in [2.75, 3.05) is 0 Å². The van der Waals surface area contributed by atoms with E-state index in [1.54, 1.807) is 6.20 Å². The van der Waals surface area contributed by atoms with Crippen LogP contribution in [0.3, 0.4) is 0 Å². The van der Waals surface area contributed by atoms with Gasteiger partial charge in [-0.2, -0.15) is 5.10 Å². The minimum Gasteiger partial charge on any atom is -0.391 e. The molecule has 3 aromatic rings. The molecule has 4 rings (SSSR count). The van der Waals surface area contributed by atoms with Crippen molar-refractivity contribution in [2.24, 2.45) is 5.92 Å². The molecule has 1 aromatic carbocycles. The number of aromatic nitrogens is 4. The molecule has 2 heterocycles. The van der Waals surface area contributed by atoms with Crippen LogP contribution >= 0.6 is 0 Å². The summed E-state index contributed by atoms with van der Waals surface area (Å²) >= 11 is 0. The highest BCUT2D eigenvalue weighted by molar-refractivity contribution is 5.94. The molecule has 7 nitrogen and oxygen atoms in total. The molecule has 0 spiro atoms. The van der Waals surface area contributed by atoms with Crippen LogP contribution in [0.25, 0.3) is 11.0 Å². The second-order valence-electron chi connectivity index (χ2n) is 6.32. The molecule has 7 heteroatoms. The lowest BCUT2D eigenvalue weighted by Crippen LogP contribution is -2.40. The number of fused-ring (bicyclic) bond motifs is 1. The molecule has 3 N–H and O–H groups in total. The number of hydrogen-bond acceptors (Lipinski definition) is 4. The Morgan fingerprint density at radius 1 is 1.33 bits per heavy atom. The molecule has 24 heavy (non-hydrogen) atoms. The number of carbonyl (C=O) groups is 1. The number of hydrogen-bond donors (Lipinski definition) is 3. The van der Waals surface area contributed by atoms with Crippen molar-refractivity contribution in [3.8, 4) is 0 Å². The quantitative estimate of drug-likeness (QED) is 0.674. The Morgan fingerprint density at radius 3 is 3.00 bits per heavy atom. The van der Waals surface area contributed by atoms with Crippen LogP contribution in [-0.4, -0.2) is 42.9 Å². The number of H-pyrrole nitrogens is 1. The number of amides is 1. The van der Waals surface area contributed by atoms with E-state index in [-0.39, 0.29) is 17.8 Å². The Kier molecular flexibility index (Phi) is 3.78. The first kappa shape index (κ1) is 14.9. The van der Waals surface area contributed by atoms with Crippen LogP contribution in [0.5, 0.6) is 0 Å². The molecule has 1 unspecified atom stereocenters. The topological polar surface area (TPSA) is 95.8 Å². The van der Waals surface area contributed by atoms with Gasteiger partial charge < -0.3 is 15.4 Å². The fourth-order valence-corrected chi connectivity index (χ4v) is 3.39. The summed E-state index contributed by atoms with van der Waals surface area (Å²) in [7, 11) is 0. The van der Waals surface area contributed by atoms with Crippen LogP contribution in [0.2, 0.25) is 0 Å². The SMILES string of the molecule is O=C(N[C@@H]1CC(Cn2cccn2)C[C@H]1O)c1nc2ccccc2[nH]1. The molecule has 1 aliphatic carbocycles. The van der Waals surface area contributed by atoms with E-state index in [4.69, 9.17) is 0 Å². The lowest BCUT2D eigenvalue weighted by atomic mass is 10.1. The number of benzene rings is 1. The Hall–Kier alpha value is -2.67. The highest BCUT2D eigenvalue weighted by Gasteiger charge is 2.34. The third kappa shape index (κ3) is 2.90. The standard InChI is InChI=1S/C17H19N5O2/c23-15-9-11(10-22-7-3-6-18-22)8-14(15)21-17(24)16-19-12-4-1-2-5-13(12)20-16/h1-7,11,14-15,23H,8-10H2,(H,19,20)(H,21,24)/t11?,14-,15-/m1/s1. The molecule has 2 aromatic heterocycles. The molecule has 1 aliphatic rings. The highest BCUT2D eigenvalue weighted by Crippen LogP contribution is 2.27. The number of imidazole rings is 1. The number of para-hydroxylation sites is 2. The van der Waals surface area contributed by atoms with Crippen molar-refractivity contribution in [3.05, 3.63) is 48.5 Å². The van der Waals surface area contributed by atoms with Gasteiger partial charge in [-0.05, 0) is 37.0 Å². The molecule has 124 valence electrons. The van der Waals surface area contributed by atoms with Gasteiger partial charge in [0.1, 0.15) is 0 Å². The summed E-state index contributed by atoms with van der Waals surface area (Å²) in [5.41, 5.74) is 1.58. The summed E-state index contributed by atoms with van der Waals surface area (Å²) in [6, 6.07) is 9.13. The monoisotopic (exact) mass is 325 g/mol. The normalized spacial score (nSPS) is 23.6. The first-order valence-corrected chi connectivity index (χ1v) is 8.10. The summed E-state index contributed by atoms with van der Waals surface area (Å²) in [5, 5.41) is 17.3. The average Bonchev–Trinajstić information content (AvgIpc) is 3.28. The minimum absolute atomic E-state index is 0.258. The van der Waals surface area contributed by atoms with Gasteiger partial charge in [-0.15, -0.1) is 0 Å². The average molecular weight is 325 g/mol. The molecule has 1 saturated carbocycles. The molecular weight excluding hydrogens is 306 g/mol. The maximum absolute atomic E-state index is 12.4. The second-order valence-corrected chi connectivity index (χ2v) is 6.32. The zero-order valence-corrected chi connectivity index (χ0v) is 13.1. The van der Waals surface area contributed by atoms with Crippen molar-refractivity contribution >= 4 is 16.9 Å². The molecule has 0 bridgehead atoms. The third-order valence-electron chi connectivity index (χ3n) is 4.55. The highest BCUT2D eigenvalue weighted by atomic mass is 16.3. The van der Waals surface area contributed by atoms with Crippen LogP contribution in [0, 0.1) is 5.92 Å². The number of carbonyl (C=O) groups excluding carboxylic acids is 1. The van der Waals surface area contributed by atoms with E-state index >= 15 is 0 Å². The summed E-state index contributed by atoms with van der Waals surface area (Å²) < 4.78 is 1.86. The Bertz CT molecular complexity index is 809. The zero-order valence-electron chi connectivity index (χ0n) is 13.1. The molecule has 0 radical (unpaired) electrons. The van der Waals surface area contributed by atoms with Crippen LogP contribution in [0.4, 0.5) is 0 Å². The van der Waals surface area contributed by atoms with E-state index in [0.717, 1.165) is 24.0 Å². The molecule has 1 amide bonds. The fraction of sp³-hybridized carbons (Fsp3) is 0.353. The van der Waals surface area contributed by atoms with Gasteiger partial charge in [0.25, 0.3) is 5.91 Å². The largest absolute Gasteiger partial charge is 0.391 e. The summed E-state index contributed by atoms with van der Waals surface area (Å²) in [6.45, 7) is 0.751. The van der Waals surface area contributed by atoms with Crippen molar-refractivity contribution in [1.82, 2.24) is 25.1 Å². The summed E-state index contributed by atoms with van der Waals surface area (Å²) in [6.07, 6.45) is 4.50. The van der Waals surface area contributed by atoms with E-state index in [0.29, 0.717) is 12.3 Å². The predicted octanol–water partition coefficient (Wildman–Crippen LogP) is 1.33. The third-order valence-corrected chi connectivity index (χ3v) is 4.55. The number of aliphatic hydroxyl groups excluding tert-OH is 1. The number of aliphatic hydroxyl groups is 1. The van der Waals surface area contributed by atoms with E-state index in [1.165, 1.54) is 0 Å². The maximum atomic E-state index is 12.4. The van der Waals surface area contributed by atoms with Gasteiger partial charge >= 0.3 is 0 Å². The van der Waals surface area contributed by atoms with Gasteiger partial charge in [0.15, 0.2) is 5.82 Å². The summed E-state index contributed by atoms with van der Waals surface area (Å²) in [4.78, 5) is 19.7. The second kappa shape index (κ2) is 6.09. The number of aromatic amines is 1. The molecule has 3 atom stereocenters. The van der Waals surface area contributed by atoms with Crippen molar-refractivity contribution in [3.63, 3.8) is 0 Å². The smallest absolute Gasteiger partial charge is 0.287 e. The Labute approximate surface area is 138 Å². The fourth-order valence-electron chi connectivity index (χ4n) is 3.39.